The number of nitrogens with one attached hydrogen (secondary N) is 1. The van der Waals surface area contributed by atoms with Crippen LogP contribution < -0.4 is 5.32 Å². The van der Waals surface area contributed by atoms with Gasteiger partial charge in [-0.15, -0.1) is 0 Å². The molecule has 0 spiro atoms. The smallest absolute Gasteiger partial charge is 0.306 e. The zero-order valence-corrected chi connectivity index (χ0v) is 7.75. The summed E-state index contributed by atoms with van der Waals surface area (Å²) in [7, 11) is 0. The van der Waals surface area contributed by atoms with E-state index in [0.717, 1.165) is 13.0 Å². The number of carbonyl (C=O) groups excluding carboxylic acids is 1. The first-order valence-electron chi connectivity index (χ1n) is 4.61. The van der Waals surface area contributed by atoms with Gasteiger partial charge in [0.05, 0.1) is 5.92 Å². The molecule has 0 aliphatic carbocycles. The highest BCUT2D eigenvalue weighted by Gasteiger charge is 2.25. The molecule has 1 fully saturated rings. The molecule has 1 rings (SSSR count). The van der Waals surface area contributed by atoms with Gasteiger partial charge in [-0.2, -0.15) is 0 Å². The minimum atomic E-state index is -0.779. The molecule has 4 heteroatoms. The summed E-state index contributed by atoms with van der Waals surface area (Å²) in [5.74, 6) is -0.994. The van der Waals surface area contributed by atoms with Gasteiger partial charge in [0.2, 0.25) is 5.91 Å². The Kier molecular flexibility index (Phi) is 3.28. The Labute approximate surface area is 77.3 Å². The molecule has 1 aliphatic rings. The summed E-state index contributed by atoms with van der Waals surface area (Å²) in [4.78, 5) is 21.6. The van der Waals surface area contributed by atoms with E-state index >= 15 is 0 Å². The van der Waals surface area contributed by atoms with Crippen LogP contribution >= 0.6 is 0 Å². The molecule has 4 nitrogen and oxygen atoms in total. The Morgan fingerprint density at radius 3 is 2.92 bits per heavy atom. The monoisotopic (exact) mass is 185 g/mol. The highest BCUT2D eigenvalue weighted by Crippen LogP contribution is 2.19. The van der Waals surface area contributed by atoms with E-state index < -0.39 is 5.97 Å². The zero-order chi connectivity index (χ0) is 9.84. The van der Waals surface area contributed by atoms with Gasteiger partial charge in [0, 0.05) is 12.5 Å². The van der Waals surface area contributed by atoms with E-state index in [-0.39, 0.29) is 17.7 Å². The maximum absolute atomic E-state index is 11.1. The average Bonchev–Trinajstić information content (AvgIpc) is 2.47. The fourth-order valence-corrected chi connectivity index (χ4v) is 1.50. The standard InChI is InChI=1S/C9H15NO3/c1-6(9(12)13)2-3-7-4-5-10-8(7)11/h6-7H,2-5H2,1H3,(H,10,11)(H,12,13). The highest BCUT2D eigenvalue weighted by molar-refractivity contribution is 5.80. The van der Waals surface area contributed by atoms with Crippen molar-refractivity contribution < 1.29 is 14.7 Å². The molecule has 0 radical (unpaired) electrons. The topological polar surface area (TPSA) is 66.4 Å². The summed E-state index contributed by atoms with van der Waals surface area (Å²) < 4.78 is 0. The predicted molar refractivity (Wildman–Crippen MR) is 47.2 cm³/mol. The Bertz CT molecular complexity index is 215. The van der Waals surface area contributed by atoms with Crippen LogP contribution in [0.5, 0.6) is 0 Å². The van der Waals surface area contributed by atoms with Crippen LogP contribution in [0.1, 0.15) is 26.2 Å². The third-order valence-electron chi connectivity index (χ3n) is 2.53. The molecule has 0 saturated carbocycles. The number of hydrogen-bond donors (Lipinski definition) is 2. The van der Waals surface area contributed by atoms with E-state index in [2.05, 4.69) is 5.32 Å². The van der Waals surface area contributed by atoms with Crippen LogP contribution in [0.3, 0.4) is 0 Å². The first-order valence-corrected chi connectivity index (χ1v) is 4.61. The van der Waals surface area contributed by atoms with Crippen LogP contribution in [0.15, 0.2) is 0 Å². The molecule has 2 unspecified atom stereocenters. The van der Waals surface area contributed by atoms with Gasteiger partial charge in [-0.3, -0.25) is 9.59 Å². The van der Waals surface area contributed by atoms with E-state index in [1.165, 1.54) is 0 Å². The van der Waals surface area contributed by atoms with Gasteiger partial charge in [-0.1, -0.05) is 6.92 Å². The van der Waals surface area contributed by atoms with E-state index in [9.17, 15) is 9.59 Å². The van der Waals surface area contributed by atoms with Crippen molar-refractivity contribution in [3.05, 3.63) is 0 Å². The summed E-state index contributed by atoms with van der Waals surface area (Å²) in [5, 5.41) is 11.4. The maximum atomic E-state index is 11.1. The Morgan fingerprint density at radius 2 is 2.46 bits per heavy atom. The Hall–Kier alpha value is -1.06. The number of hydrogen-bond acceptors (Lipinski definition) is 2. The summed E-state index contributed by atoms with van der Waals surface area (Å²) in [6, 6.07) is 0. The SMILES string of the molecule is CC(CCC1CCNC1=O)C(=O)O. The van der Waals surface area contributed by atoms with E-state index in [1.807, 2.05) is 0 Å². The lowest BCUT2D eigenvalue weighted by Gasteiger charge is -2.08. The number of carboxylic acid groups (broad SMARTS) is 1. The minimum Gasteiger partial charge on any atom is -0.481 e. The second-order valence-corrected chi connectivity index (χ2v) is 3.59. The van der Waals surface area contributed by atoms with Crippen molar-refractivity contribution in [1.29, 1.82) is 0 Å². The van der Waals surface area contributed by atoms with Crippen LogP contribution in [0.2, 0.25) is 0 Å². The summed E-state index contributed by atoms with van der Waals surface area (Å²) in [5.41, 5.74) is 0. The van der Waals surface area contributed by atoms with Crippen LogP contribution in [0.25, 0.3) is 0 Å². The third-order valence-corrected chi connectivity index (χ3v) is 2.53. The lowest BCUT2D eigenvalue weighted by Crippen LogP contribution is -2.20. The molecular formula is C9H15NO3. The van der Waals surface area contributed by atoms with Crippen molar-refractivity contribution in [2.75, 3.05) is 6.54 Å². The number of carbonyl (C=O) groups is 2. The summed E-state index contributed by atoms with van der Waals surface area (Å²) in [6.07, 6.45) is 2.14. The molecule has 0 bridgehead atoms. The second kappa shape index (κ2) is 4.25. The van der Waals surface area contributed by atoms with Gasteiger partial charge in [0.15, 0.2) is 0 Å². The number of carboxylic acids is 1. The van der Waals surface area contributed by atoms with Crippen molar-refractivity contribution in [3.8, 4) is 0 Å². The highest BCUT2D eigenvalue weighted by atomic mass is 16.4. The molecule has 1 heterocycles. The van der Waals surface area contributed by atoms with Crippen molar-refractivity contribution in [2.24, 2.45) is 11.8 Å². The predicted octanol–water partition coefficient (Wildman–Crippen LogP) is 0.623. The first-order chi connectivity index (χ1) is 6.11. The van der Waals surface area contributed by atoms with Gasteiger partial charge >= 0.3 is 5.97 Å². The third kappa shape index (κ3) is 2.72. The molecule has 13 heavy (non-hydrogen) atoms. The van der Waals surface area contributed by atoms with E-state index in [1.54, 1.807) is 6.92 Å². The normalized spacial score (nSPS) is 24.1. The molecule has 1 amide bonds. The lowest BCUT2D eigenvalue weighted by atomic mass is 9.96. The van der Waals surface area contributed by atoms with Crippen LogP contribution in [0, 0.1) is 11.8 Å². The van der Waals surface area contributed by atoms with Gasteiger partial charge < -0.3 is 10.4 Å². The Morgan fingerprint density at radius 1 is 1.77 bits per heavy atom. The lowest BCUT2D eigenvalue weighted by molar-refractivity contribution is -0.141. The molecule has 1 aliphatic heterocycles. The number of amides is 1. The summed E-state index contributed by atoms with van der Waals surface area (Å²) in [6.45, 7) is 2.42. The molecule has 2 N–H and O–H groups in total. The molecular weight excluding hydrogens is 170 g/mol. The Balaban J connectivity index is 2.25. The van der Waals surface area contributed by atoms with Crippen LogP contribution in [0.4, 0.5) is 0 Å². The summed E-state index contributed by atoms with van der Waals surface area (Å²) >= 11 is 0. The van der Waals surface area contributed by atoms with Crippen LogP contribution in [-0.2, 0) is 9.59 Å². The van der Waals surface area contributed by atoms with E-state index in [4.69, 9.17) is 5.11 Å². The second-order valence-electron chi connectivity index (χ2n) is 3.59. The average molecular weight is 185 g/mol. The van der Waals surface area contributed by atoms with Crippen molar-refractivity contribution >= 4 is 11.9 Å². The fourth-order valence-electron chi connectivity index (χ4n) is 1.50. The van der Waals surface area contributed by atoms with Crippen molar-refractivity contribution in [2.45, 2.75) is 26.2 Å². The first kappa shape index (κ1) is 10.0. The van der Waals surface area contributed by atoms with Crippen molar-refractivity contribution in [1.82, 2.24) is 5.32 Å². The molecule has 0 aromatic carbocycles. The molecule has 74 valence electrons. The fraction of sp³-hybridized carbons (Fsp3) is 0.778. The van der Waals surface area contributed by atoms with Gasteiger partial charge in [0.1, 0.15) is 0 Å². The quantitative estimate of drug-likeness (QED) is 0.674. The number of rotatable bonds is 4. The van der Waals surface area contributed by atoms with Gasteiger partial charge in [0.25, 0.3) is 0 Å². The molecule has 0 aromatic rings. The van der Waals surface area contributed by atoms with Gasteiger partial charge in [-0.25, -0.2) is 0 Å². The van der Waals surface area contributed by atoms with E-state index in [0.29, 0.717) is 12.8 Å². The van der Waals surface area contributed by atoms with Crippen LogP contribution in [-0.4, -0.2) is 23.5 Å². The van der Waals surface area contributed by atoms with Crippen molar-refractivity contribution in [3.63, 3.8) is 0 Å². The maximum Gasteiger partial charge on any atom is 0.306 e. The largest absolute Gasteiger partial charge is 0.481 e. The molecule has 0 aromatic heterocycles. The minimum absolute atomic E-state index is 0.0433. The van der Waals surface area contributed by atoms with Gasteiger partial charge in [-0.05, 0) is 19.3 Å². The zero-order valence-electron chi connectivity index (χ0n) is 7.75. The molecule has 1 saturated heterocycles. The molecule has 2 atom stereocenters. The number of aliphatic carboxylic acids is 1.